The fraction of sp³-hybridized carbons (Fsp3) is 0.143. The lowest BCUT2D eigenvalue weighted by Crippen LogP contribution is -2.02. The molecule has 0 spiro atoms. The molecule has 0 bridgehead atoms. The number of hydrogen-bond donors (Lipinski definition) is 0. The molecule has 3 rings (SSSR count). The third kappa shape index (κ3) is 3.61. The van der Waals surface area contributed by atoms with Gasteiger partial charge in [-0.25, -0.2) is 4.98 Å². The quantitative estimate of drug-likeness (QED) is 0.690. The van der Waals surface area contributed by atoms with Crippen molar-refractivity contribution in [3.8, 4) is 28.7 Å². The second-order valence-electron chi connectivity index (χ2n) is 5.59. The number of rotatable bonds is 5. The Balaban J connectivity index is 1.98. The van der Waals surface area contributed by atoms with Gasteiger partial charge in [-0.2, -0.15) is 5.26 Å². The van der Waals surface area contributed by atoms with Crippen molar-refractivity contribution in [3.63, 3.8) is 0 Å². The Hall–Kier alpha value is -3.32. The van der Waals surface area contributed by atoms with Gasteiger partial charge < -0.3 is 9.47 Å². The maximum absolute atomic E-state index is 9.37. The first-order valence-electron chi connectivity index (χ1n) is 7.93. The highest BCUT2D eigenvalue weighted by molar-refractivity contribution is 5.71. The summed E-state index contributed by atoms with van der Waals surface area (Å²) in [7, 11) is 1.64. The molecule has 0 aliphatic heterocycles. The van der Waals surface area contributed by atoms with Gasteiger partial charge in [-0.1, -0.05) is 42.5 Å². The summed E-state index contributed by atoms with van der Waals surface area (Å²) in [6.07, 6.45) is 1.71. The van der Waals surface area contributed by atoms with E-state index in [2.05, 4.69) is 11.1 Å². The SMILES string of the molecule is COc1cccc(-c2cnc(C#N)c(OCc3ccccc3)c2C)c1. The Kier molecular flexibility index (Phi) is 4.96. The average Bonchev–Trinajstić information content (AvgIpc) is 2.67. The summed E-state index contributed by atoms with van der Waals surface area (Å²) in [6.45, 7) is 2.33. The van der Waals surface area contributed by atoms with Gasteiger partial charge >= 0.3 is 0 Å². The number of ether oxygens (including phenoxy) is 2. The molecule has 0 saturated heterocycles. The van der Waals surface area contributed by atoms with Gasteiger partial charge in [0.2, 0.25) is 0 Å². The fourth-order valence-electron chi connectivity index (χ4n) is 2.65. The maximum atomic E-state index is 9.37. The molecule has 4 heteroatoms. The third-order valence-electron chi connectivity index (χ3n) is 4.00. The van der Waals surface area contributed by atoms with E-state index in [1.165, 1.54) is 0 Å². The van der Waals surface area contributed by atoms with E-state index >= 15 is 0 Å². The molecule has 0 atom stereocenters. The molecule has 0 unspecified atom stereocenters. The van der Waals surface area contributed by atoms with Gasteiger partial charge in [-0.15, -0.1) is 0 Å². The highest BCUT2D eigenvalue weighted by Gasteiger charge is 2.15. The highest BCUT2D eigenvalue weighted by Crippen LogP contribution is 2.33. The average molecular weight is 330 g/mol. The lowest BCUT2D eigenvalue weighted by molar-refractivity contribution is 0.302. The van der Waals surface area contributed by atoms with Gasteiger partial charge in [0.15, 0.2) is 11.4 Å². The van der Waals surface area contributed by atoms with Crippen LogP contribution >= 0.6 is 0 Å². The smallest absolute Gasteiger partial charge is 0.182 e. The predicted octanol–water partition coefficient (Wildman–Crippen LogP) is 4.52. The lowest BCUT2D eigenvalue weighted by atomic mass is 10.0. The van der Waals surface area contributed by atoms with Crippen LogP contribution in [0.15, 0.2) is 60.8 Å². The van der Waals surface area contributed by atoms with Crippen LogP contribution in [0.2, 0.25) is 0 Å². The summed E-state index contributed by atoms with van der Waals surface area (Å²) >= 11 is 0. The Labute approximate surface area is 147 Å². The summed E-state index contributed by atoms with van der Waals surface area (Å²) in [5, 5.41) is 9.37. The van der Waals surface area contributed by atoms with E-state index in [1.807, 2.05) is 61.5 Å². The molecule has 0 amide bonds. The molecule has 0 aliphatic carbocycles. The van der Waals surface area contributed by atoms with Gasteiger partial charge in [0.05, 0.1) is 7.11 Å². The Morgan fingerprint density at radius 2 is 1.88 bits per heavy atom. The number of aromatic nitrogens is 1. The standard InChI is InChI=1S/C21H18N2O2/c1-15-19(17-9-6-10-18(11-17)24-2)13-23-20(12-22)21(15)25-14-16-7-4-3-5-8-16/h3-11,13H,14H2,1-2H3. The van der Waals surface area contributed by atoms with Crippen molar-refractivity contribution in [2.24, 2.45) is 0 Å². The zero-order chi connectivity index (χ0) is 17.6. The Morgan fingerprint density at radius 1 is 1.08 bits per heavy atom. The number of methoxy groups -OCH3 is 1. The minimum Gasteiger partial charge on any atom is -0.497 e. The van der Waals surface area contributed by atoms with E-state index in [1.54, 1.807) is 13.3 Å². The number of nitrogens with zero attached hydrogens (tertiary/aromatic N) is 2. The molecule has 0 radical (unpaired) electrons. The zero-order valence-electron chi connectivity index (χ0n) is 14.2. The summed E-state index contributed by atoms with van der Waals surface area (Å²) in [6, 6.07) is 19.7. The largest absolute Gasteiger partial charge is 0.497 e. The van der Waals surface area contributed by atoms with Crippen LogP contribution in [-0.2, 0) is 6.61 Å². The van der Waals surface area contributed by atoms with E-state index in [-0.39, 0.29) is 0 Å². The van der Waals surface area contributed by atoms with Gasteiger partial charge in [0.1, 0.15) is 18.4 Å². The van der Waals surface area contributed by atoms with Crippen LogP contribution < -0.4 is 9.47 Å². The topological polar surface area (TPSA) is 55.1 Å². The molecule has 1 heterocycles. The summed E-state index contributed by atoms with van der Waals surface area (Å²) in [5.41, 5.74) is 4.10. The predicted molar refractivity (Wildman–Crippen MR) is 96.5 cm³/mol. The zero-order valence-corrected chi connectivity index (χ0v) is 14.2. The highest BCUT2D eigenvalue weighted by atomic mass is 16.5. The molecule has 3 aromatic rings. The van der Waals surface area contributed by atoms with Gasteiger partial charge in [-0.3, -0.25) is 0 Å². The molecule has 25 heavy (non-hydrogen) atoms. The molecule has 0 fully saturated rings. The van der Waals surface area contributed by atoms with Gasteiger partial charge in [-0.05, 0) is 30.2 Å². The molecule has 1 aromatic heterocycles. The fourth-order valence-corrected chi connectivity index (χ4v) is 2.65. The summed E-state index contributed by atoms with van der Waals surface area (Å²) in [4.78, 5) is 4.28. The van der Waals surface area contributed by atoms with Crippen molar-refractivity contribution in [1.29, 1.82) is 5.26 Å². The lowest BCUT2D eigenvalue weighted by Gasteiger charge is -2.14. The number of benzene rings is 2. The number of nitriles is 1. The van der Waals surface area contributed by atoms with Crippen LogP contribution in [0.5, 0.6) is 11.5 Å². The molecular weight excluding hydrogens is 312 g/mol. The van der Waals surface area contributed by atoms with E-state index in [4.69, 9.17) is 9.47 Å². The monoisotopic (exact) mass is 330 g/mol. The van der Waals surface area contributed by atoms with Crippen LogP contribution in [0.4, 0.5) is 0 Å². The van der Waals surface area contributed by atoms with E-state index < -0.39 is 0 Å². The van der Waals surface area contributed by atoms with Crippen molar-refractivity contribution in [2.45, 2.75) is 13.5 Å². The first kappa shape index (κ1) is 16.5. The van der Waals surface area contributed by atoms with E-state index in [0.717, 1.165) is 28.0 Å². The molecule has 0 aliphatic rings. The first-order chi connectivity index (χ1) is 12.2. The molecule has 124 valence electrons. The van der Waals surface area contributed by atoms with Crippen molar-refractivity contribution in [3.05, 3.63) is 77.6 Å². The Bertz CT molecular complexity index is 915. The van der Waals surface area contributed by atoms with Crippen LogP contribution in [-0.4, -0.2) is 12.1 Å². The molecule has 2 aromatic carbocycles. The van der Waals surface area contributed by atoms with Crippen molar-refractivity contribution < 1.29 is 9.47 Å². The van der Waals surface area contributed by atoms with Gasteiger partial charge in [0.25, 0.3) is 0 Å². The summed E-state index contributed by atoms with van der Waals surface area (Å²) < 4.78 is 11.2. The van der Waals surface area contributed by atoms with Crippen molar-refractivity contribution >= 4 is 0 Å². The molecular formula is C21H18N2O2. The van der Waals surface area contributed by atoms with Crippen LogP contribution in [0, 0.1) is 18.3 Å². The molecule has 0 saturated carbocycles. The normalized spacial score (nSPS) is 10.1. The maximum Gasteiger partial charge on any atom is 0.182 e. The Morgan fingerprint density at radius 3 is 2.60 bits per heavy atom. The van der Waals surface area contributed by atoms with Crippen molar-refractivity contribution in [1.82, 2.24) is 4.98 Å². The first-order valence-corrected chi connectivity index (χ1v) is 7.93. The minimum absolute atomic E-state index is 0.292. The van der Waals surface area contributed by atoms with Crippen LogP contribution in [0.25, 0.3) is 11.1 Å². The molecule has 4 nitrogen and oxygen atoms in total. The van der Waals surface area contributed by atoms with Gasteiger partial charge in [0, 0.05) is 17.3 Å². The third-order valence-corrected chi connectivity index (χ3v) is 4.00. The second-order valence-corrected chi connectivity index (χ2v) is 5.59. The minimum atomic E-state index is 0.292. The van der Waals surface area contributed by atoms with Crippen molar-refractivity contribution in [2.75, 3.05) is 7.11 Å². The number of hydrogen-bond acceptors (Lipinski definition) is 4. The van der Waals surface area contributed by atoms with Crippen LogP contribution in [0.1, 0.15) is 16.8 Å². The van der Waals surface area contributed by atoms with E-state index in [0.29, 0.717) is 18.1 Å². The summed E-state index contributed by atoms with van der Waals surface area (Å²) in [5.74, 6) is 1.29. The van der Waals surface area contributed by atoms with E-state index in [9.17, 15) is 5.26 Å². The second kappa shape index (κ2) is 7.50. The van der Waals surface area contributed by atoms with Crippen LogP contribution in [0.3, 0.4) is 0 Å². The molecule has 0 N–H and O–H groups in total. The number of pyridine rings is 1.